The van der Waals surface area contributed by atoms with Crippen LogP contribution in [0.3, 0.4) is 0 Å². The topological polar surface area (TPSA) is 58.7 Å². The maximum Gasteiger partial charge on any atom is 0.0845 e. The van der Waals surface area contributed by atoms with Gasteiger partial charge in [-0.1, -0.05) is 0 Å². The van der Waals surface area contributed by atoms with Crippen LogP contribution in [0.4, 0.5) is 0 Å². The number of hydrogen-bond acceptors (Lipinski definition) is 4. The standard InChI is InChI=1S/C10H20N2O2/c11-3-5-12-4-2-10(8-12)7-9(13)1-6-14-10/h9,13H,1-8,11H2/t9-,10+/m0/s1. The molecule has 0 bridgehead atoms. The molecule has 4 nitrogen and oxygen atoms in total. The maximum absolute atomic E-state index is 9.63. The molecule has 0 unspecified atom stereocenters. The zero-order valence-electron chi connectivity index (χ0n) is 8.61. The Morgan fingerprint density at radius 3 is 3.14 bits per heavy atom. The highest BCUT2D eigenvalue weighted by Gasteiger charge is 2.42. The number of rotatable bonds is 2. The molecule has 1 spiro atoms. The SMILES string of the molecule is NCCN1CC[C@@]2(C[C@@H](O)CCO2)C1. The quantitative estimate of drug-likeness (QED) is 0.634. The lowest BCUT2D eigenvalue weighted by atomic mass is 9.91. The third-order valence-electron chi connectivity index (χ3n) is 3.31. The van der Waals surface area contributed by atoms with Gasteiger partial charge in [0, 0.05) is 39.2 Å². The monoisotopic (exact) mass is 200 g/mol. The summed E-state index contributed by atoms with van der Waals surface area (Å²) in [6.45, 7) is 4.36. The van der Waals surface area contributed by atoms with Gasteiger partial charge < -0.3 is 15.6 Å². The van der Waals surface area contributed by atoms with Crippen LogP contribution in [-0.2, 0) is 4.74 Å². The van der Waals surface area contributed by atoms with E-state index in [-0.39, 0.29) is 11.7 Å². The predicted octanol–water partition coefficient (Wildman–Crippen LogP) is -0.439. The van der Waals surface area contributed by atoms with Crippen molar-refractivity contribution < 1.29 is 9.84 Å². The van der Waals surface area contributed by atoms with Gasteiger partial charge in [0.05, 0.1) is 11.7 Å². The van der Waals surface area contributed by atoms with Crippen LogP contribution in [0.5, 0.6) is 0 Å². The molecule has 2 saturated heterocycles. The molecule has 14 heavy (non-hydrogen) atoms. The molecule has 0 radical (unpaired) electrons. The van der Waals surface area contributed by atoms with Gasteiger partial charge in [0.1, 0.15) is 0 Å². The molecular formula is C10H20N2O2. The summed E-state index contributed by atoms with van der Waals surface area (Å²) in [5.74, 6) is 0. The summed E-state index contributed by atoms with van der Waals surface area (Å²) >= 11 is 0. The van der Waals surface area contributed by atoms with E-state index in [0.717, 1.165) is 38.9 Å². The molecule has 4 heteroatoms. The number of nitrogens with two attached hydrogens (primary N) is 1. The van der Waals surface area contributed by atoms with Crippen molar-refractivity contribution >= 4 is 0 Å². The molecule has 3 N–H and O–H groups in total. The Morgan fingerprint density at radius 2 is 2.43 bits per heavy atom. The fourth-order valence-corrected chi connectivity index (χ4v) is 2.59. The maximum atomic E-state index is 9.63. The summed E-state index contributed by atoms with van der Waals surface area (Å²) < 4.78 is 5.83. The summed E-state index contributed by atoms with van der Waals surface area (Å²) in [6.07, 6.45) is 2.47. The van der Waals surface area contributed by atoms with Crippen molar-refractivity contribution in [2.24, 2.45) is 5.73 Å². The van der Waals surface area contributed by atoms with E-state index in [2.05, 4.69) is 4.90 Å². The molecule has 2 heterocycles. The second-order valence-electron chi connectivity index (χ2n) is 4.49. The van der Waals surface area contributed by atoms with Crippen LogP contribution in [0.15, 0.2) is 0 Å². The number of ether oxygens (including phenoxy) is 1. The minimum atomic E-state index is -0.165. The zero-order valence-corrected chi connectivity index (χ0v) is 8.61. The van der Waals surface area contributed by atoms with Crippen LogP contribution >= 0.6 is 0 Å². The summed E-state index contributed by atoms with van der Waals surface area (Å²) in [6, 6.07) is 0. The fraction of sp³-hybridized carbons (Fsp3) is 1.00. The summed E-state index contributed by atoms with van der Waals surface area (Å²) in [5.41, 5.74) is 5.46. The Morgan fingerprint density at radius 1 is 1.57 bits per heavy atom. The first kappa shape index (κ1) is 10.4. The lowest BCUT2D eigenvalue weighted by molar-refractivity contribution is -0.110. The van der Waals surface area contributed by atoms with E-state index in [4.69, 9.17) is 10.5 Å². The average molecular weight is 200 g/mol. The molecular weight excluding hydrogens is 180 g/mol. The van der Waals surface area contributed by atoms with Crippen LogP contribution < -0.4 is 5.73 Å². The Labute approximate surface area is 85.0 Å². The molecule has 0 saturated carbocycles. The van der Waals surface area contributed by atoms with Crippen molar-refractivity contribution in [3.05, 3.63) is 0 Å². The minimum absolute atomic E-state index is 0.0627. The third kappa shape index (κ3) is 2.08. The molecule has 0 aromatic rings. The number of hydrogen-bond donors (Lipinski definition) is 2. The first-order valence-electron chi connectivity index (χ1n) is 5.49. The number of nitrogens with zero attached hydrogens (tertiary/aromatic N) is 1. The van der Waals surface area contributed by atoms with Crippen molar-refractivity contribution in [2.45, 2.75) is 31.0 Å². The van der Waals surface area contributed by atoms with Crippen molar-refractivity contribution in [2.75, 3.05) is 32.8 Å². The molecule has 0 aliphatic carbocycles. The van der Waals surface area contributed by atoms with Gasteiger partial charge in [0.25, 0.3) is 0 Å². The Balaban J connectivity index is 1.91. The highest BCUT2D eigenvalue weighted by Crippen LogP contribution is 2.33. The van der Waals surface area contributed by atoms with Crippen LogP contribution in [0.1, 0.15) is 19.3 Å². The highest BCUT2D eigenvalue weighted by atomic mass is 16.5. The first-order chi connectivity index (χ1) is 6.74. The van der Waals surface area contributed by atoms with E-state index in [0.29, 0.717) is 13.2 Å². The fourth-order valence-electron chi connectivity index (χ4n) is 2.59. The van der Waals surface area contributed by atoms with Crippen LogP contribution in [-0.4, -0.2) is 54.5 Å². The van der Waals surface area contributed by atoms with Crippen molar-refractivity contribution in [1.82, 2.24) is 4.90 Å². The van der Waals surface area contributed by atoms with Gasteiger partial charge in [0.2, 0.25) is 0 Å². The smallest absolute Gasteiger partial charge is 0.0845 e. The zero-order chi connectivity index (χ0) is 10.0. The van der Waals surface area contributed by atoms with Gasteiger partial charge >= 0.3 is 0 Å². The van der Waals surface area contributed by atoms with Crippen molar-refractivity contribution in [3.63, 3.8) is 0 Å². The number of likely N-dealkylation sites (tertiary alicyclic amines) is 1. The van der Waals surface area contributed by atoms with E-state index < -0.39 is 0 Å². The van der Waals surface area contributed by atoms with Crippen LogP contribution in [0.2, 0.25) is 0 Å². The molecule has 0 aromatic carbocycles. The molecule has 2 aliphatic rings. The second-order valence-corrected chi connectivity index (χ2v) is 4.49. The van der Waals surface area contributed by atoms with Gasteiger partial charge in [-0.2, -0.15) is 0 Å². The molecule has 0 amide bonds. The predicted molar refractivity (Wildman–Crippen MR) is 54.0 cm³/mol. The Kier molecular flexibility index (Phi) is 3.07. The lowest BCUT2D eigenvalue weighted by Gasteiger charge is -2.36. The lowest BCUT2D eigenvalue weighted by Crippen LogP contribution is -2.44. The Bertz CT molecular complexity index is 201. The summed E-state index contributed by atoms with van der Waals surface area (Å²) in [5, 5.41) is 9.63. The summed E-state index contributed by atoms with van der Waals surface area (Å²) in [7, 11) is 0. The molecule has 82 valence electrons. The van der Waals surface area contributed by atoms with Gasteiger partial charge in [-0.25, -0.2) is 0 Å². The largest absolute Gasteiger partial charge is 0.393 e. The van der Waals surface area contributed by atoms with Gasteiger partial charge in [-0.3, -0.25) is 4.90 Å². The normalized spacial score (nSPS) is 39.4. The molecule has 2 rings (SSSR count). The third-order valence-corrected chi connectivity index (χ3v) is 3.31. The van der Waals surface area contributed by atoms with Gasteiger partial charge in [0.15, 0.2) is 0 Å². The van der Waals surface area contributed by atoms with Gasteiger partial charge in [-0.15, -0.1) is 0 Å². The second kappa shape index (κ2) is 4.14. The van der Waals surface area contributed by atoms with E-state index in [9.17, 15) is 5.11 Å². The van der Waals surface area contributed by atoms with E-state index >= 15 is 0 Å². The van der Waals surface area contributed by atoms with Crippen LogP contribution in [0.25, 0.3) is 0 Å². The van der Waals surface area contributed by atoms with E-state index in [1.54, 1.807) is 0 Å². The highest BCUT2D eigenvalue weighted by molar-refractivity contribution is 4.95. The van der Waals surface area contributed by atoms with Crippen molar-refractivity contribution in [3.8, 4) is 0 Å². The van der Waals surface area contributed by atoms with Crippen LogP contribution in [0, 0.1) is 0 Å². The average Bonchev–Trinajstić information content (AvgIpc) is 2.49. The number of aliphatic hydroxyl groups excluding tert-OH is 1. The minimum Gasteiger partial charge on any atom is -0.393 e. The van der Waals surface area contributed by atoms with E-state index in [1.807, 2.05) is 0 Å². The molecule has 2 aliphatic heterocycles. The summed E-state index contributed by atoms with van der Waals surface area (Å²) in [4.78, 5) is 2.33. The first-order valence-corrected chi connectivity index (χ1v) is 5.49. The molecule has 2 atom stereocenters. The molecule has 2 fully saturated rings. The van der Waals surface area contributed by atoms with Crippen molar-refractivity contribution in [1.29, 1.82) is 0 Å². The van der Waals surface area contributed by atoms with Gasteiger partial charge in [-0.05, 0) is 12.8 Å². The van der Waals surface area contributed by atoms with E-state index in [1.165, 1.54) is 0 Å². The molecule has 0 aromatic heterocycles. The Hall–Kier alpha value is -0.160. The number of aliphatic hydroxyl groups is 1.